The molecule has 3 aromatic heterocycles. The fraction of sp³-hybridized carbons (Fsp3) is 0.172. The Bertz CT molecular complexity index is 1680. The Hall–Kier alpha value is -4.94. The predicted octanol–water partition coefficient (Wildman–Crippen LogP) is 5.02. The smallest absolute Gasteiger partial charge is 0.300 e. The highest BCUT2D eigenvalue weighted by atomic mass is 16.5. The average Bonchev–Trinajstić information content (AvgIpc) is 3.36. The van der Waals surface area contributed by atoms with Crippen LogP contribution < -0.4 is 15.4 Å². The number of imidazole rings is 1. The standard InChI is InChI=1S/C29H27N7O2/c1-20-16-21(8-10-26(20)38-23-11-14-36-15-12-30-27(36)18-23)34-29-24-17-22(7-9-25(24)31-19-32-29)33-28(37)6-4-5-13-35(2)3/h7-12,14-19H,5,13H2,1-3H3,(H,33,37)(H,31,32,34). The fourth-order valence-electron chi connectivity index (χ4n) is 3.88. The van der Waals surface area contributed by atoms with Crippen LogP contribution in [0.3, 0.4) is 0 Å². The summed E-state index contributed by atoms with van der Waals surface area (Å²) in [6.07, 6.45) is 7.69. The van der Waals surface area contributed by atoms with Crippen LogP contribution in [0.2, 0.25) is 0 Å². The van der Waals surface area contributed by atoms with Gasteiger partial charge in [0.05, 0.1) is 5.52 Å². The minimum atomic E-state index is -0.354. The van der Waals surface area contributed by atoms with Crippen LogP contribution in [0.5, 0.6) is 11.5 Å². The summed E-state index contributed by atoms with van der Waals surface area (Å²) in [5, 5.41) is 6.97. The van der Waals surface area contributed by atoms with E-state index in [0.717, 1.165) is 40.1 Å². The largest absolute Gasteiger partial charge is 0.457 e. The molecule has 2 aromatic carbocycles. The monoisotopic (exact) mass is 505 g/mol. The van der Waals surface area contributed by atoms with Crippen molar-refractivity contribution in [1.29, 1.82) is 0 Å². The van der Waals surface area contributed by atoms with Gasteiger partial charge in [0.25, 0.3) is 5.91 Å². The number of nitrogens with zero attached hydrogens (tertiary/aromatic N) is 5. The molecular weight excluding hydrogens is 478 g/mol. The first kappa shape index (κ1) is 24.7. The van der Waals surface area contributed by atoms with Crippen LogP contribution in [0, 0.1) is 18.8 Å². The highest BCUT2D eigenvalue weighted by Gasteiger charge is 2.09. The Balaban J connectivity index is 1.31. The van der Waals surface area contributed by atoms with Crippen molar-refractivity contribution in [2.24, 2.45) is 0 Å². The SMILES string of the molecule is Cc1cc(Nc2ncnc3ccc(NC(=O)C#CCCN(C)C)cc23)ccc1Oc1ccn2ccnc2c1. The topological polar surface area (TPSA) is 96.7 Å². The molecule has 2 N–H and O–H groups in total. The number of anilines is 3. The summed E-state index contributed by atoms with van der Waals surface area (Å²) in [4.78, 5) is 27.4. The molecule has 0 spiro atoms. The van der Waals surface area contributed by atoms with Gasteiger partial charge in [0.2, 0.25) is 0 Å². The van der Waals surface area contributed by atoms with Gasteiger partial charge in [0.15, 0.2) is 0 Å². The van der Waals surface area contributed by atoms with Gasteiger partial charge < -0.3 is 24.7 Å². The molecule has 9 heteroatoms. The van der Waals surface area contributed by atoms with Crippen LogP contribution in [0.4, 0.5) is 17.2 Å². The van der Waals surface area contributed by atoms with Gasteiger partial charge in [0.1, 0.15) is 29.3 Å². The number of fused-ring (bicyclic) bond motifs is 2. The van der Waals surface area contributed by atoms with E-state index in [2.05, 4.69) is 37.4 Å². The number of ether oxygens (including phenoxy) is 1. The van der Waals surface area contributed by atoms with Gasteiger partial charge in [-0.2, -0.15) is 0 Å². The van der Waals surface area contributed by atoms with E-state index >= 15 is 0 Å². The fourth-order valence-corrected chi connectivity index (χ4v) is 3.88. The third kappa shape index (κ3) is 5.88. The van der Waals surface area contributed by atoms with Crippen LogP contribution in [0.15, 0.2) is 73.4 Å². The lowest BCUT2D eigenvalue weighted by molar-refractivity contribution is -0.111. The molecule has 38 heavy (non-hydrogen) atoms. The number of amides is 1. The third-order valence-electron chi connectivity index (χ3n) is 5.81. The summed E-state index contributed by atoms with van der Waals surface area (Å²) in [7, 11) is 3.94. The summed E-state index contributed by atoms with van der Waals surface area (Å²) in [6, 6.07) is 15.1. The Labute approximate surface area is 220 Å². The summed E-state index contributed by atoms with van der Waals surface area (Å²) >= 11 is 0. The first-order chi connectivity index (χ1) is 18.4. The van der Waals surface area contributed by atoms with Crippen molar-refractivity contribution in [3.05, 3.63) is 79.0 Å². The molecular formula is C29H27N7O2. The maximum Gasteiger partial charge on any atom is 0.300 e. The molecule has 0 unspecified atom stereocenters. The molecule has 0 radical (unpaired) electrons. The minimum Gasteiger partial charge on any atom is -0.457 e. The normalized spacial score (nSPS) is 10.8. The van der Waals surface area contributed by atoms with Gasteiger partial charge in [0, 0.05) is 54.4 Å². The predicted molar refractivity (Wildman–Crippen MR) is 149 cm³/mol. The summed E-state index contributed by atoms with van der Waals surface area (Å²) in [5.74, 6) is 7.26. The lowest BCUT2D eigenvalue weighted by Crippen LogP contribution is -2.12. The minimum absolute atomic E-state index is 0.354. The molecule has 1 amide bonds. The maximum atomic E-state index is 12.3. The lowest BCUT2D eigenvalue weighted by Gasteiger charge is -2.13. The Morgan fingerprint density at radius 1 is 1.03 bits per heavy atom. The van der Waals surface area contributed by atoms with Crippen molar-refractivity contribution in [2.45, 2.75) is 13.3 Å². The molecule has 5 rings (SSSR count). The quantitative estimate of drug-likeness (QED) is 0.300. The van der Waals surface area contributed by atoms with E-state index in [9.17, 15) is 4.79 Å². The number of hydrogen-bond donors (Lipinski definition) is 2. The molecule has 0 bridgehead atoms. The van der Waals surface area contributed by atoms with Crippen molar-refractivity contribution >= 4 is 39.6 Å². The molecule has 3 heterocycles. The maximum absolute atomic E-state index is 12.3. The second-order valence-corrected chi connectivity index (χ2v) is 9.03. The average molecular weight is 506 g/mol. The zero-order chi connectivity index (χ0) is 26.5. The van der Waals surface area contributed by atoms with Crippen molar-refractivity contribution in [3.63, 3.8) is 0 Å². The number of carbonyl (C=O) groups excluding carboxylic acids is 1. The molecule has 9 nitrogen and oxygen atoms in total. The first-order valence-corrected chi connectivity index (χ1v) is 12.1. The van der Waals surface area contributed by atoms with Gasteiger partial charge in [-0.15, -0.1) is 0 Å². The number of aryl methyl sites for hydroxylation is 1. The van der Waals surface area contributed by atoms with E-state index in [4.69, 9.17) is 4.74 Å². The van der Waals surface area contributed by atoms with Gasteiger partial charge in [-0.3, -0.25) is 4.79 Å². The van der Waals surface area contributed by atoms with Crippen LogP contribution >= 0.6 is 0 Å². The molecule has 0 saturated heterocycles. The number of carbonyl (C=O) groups is 1. The number of hydrogen-bond acceptors (Lipinski definition) is 7. The van der Waals surface area contributed by atoms with Crippen LogP contribution in [0.1, 0.15) is 12.0 Å². The van der Waals surface area contributed by atoms with Crippen molar-refractivity contribution in [3.8, 4) is 23.3 Å². The van der Waals surface area contributed by atoms with Crippen LogP contribution in [-0.4, -0.2) is 50.8 Å². The number of aromatic nitrogens is 4. The Kier molecular flexibility index (Phi) is 7.15. The molecule has 0 aliphatic heterocycles. The number of pyridine rings is 1. The van der Waals surface area contributed by atoms with E-state index in [-0.39, 0.29) is 5.91 Å². The van der Waals surface area contributed by atoms with Crippen LogP contribution in [-0.2, 0) is 4.79 Å². The van der Waals surface area contributed by atoms with Crippen molar-refractivity contribution in [2.75, 3.05) is 31.3 Å². The van der Waals surface area contributed by atoms with E-state index in [1.54, 1.807) is 12.3 Å². The zero-order valence-corrected chi connectivity index (χ0v) is 21.4. The summed E-state index contributed by atoms with van der Waals surface area (Å²) in [6.45, 7) is 2.79. The lowest BCUT2D eigenvalue weighted by atomic mass is 10.1. The second-order valence-electron chi connectivity index (χ2n) is 9.03. The molecule has 0 aliphatic rings. The van der Waals surface area contributed by atoms with Crippen molar-refractivity contribution < 1.29 is 9.53 Å². The highest BCUT2D eigenvalue weighted by Crippen LogP contribution is 2.30. The zero-order valence-electron chi connectivity index (χ0n) is 21.4. The number of rotatable bonds is 7. The molecule has 0 saturated carbocycles. The van der Waals surface area contributed by atoms with E-state index in [1.165, 1.54) is 6.33 Å². The summed E-state index contributed by atoms with van der Waals surface area (Å²) in [5.41, 5.74) is 4.00. The van der Waals surface area contributed by atoms with Gasteiger partial charge in [-0.1, -0.05) is 5.92 Å². The summed E-state index contributed by atoms with van der Waals surface area (Å²) < 4.78 is 8.03. The molecule has 0 aliphatic carbocycles. The number of nitrogens with one attached hydrogen (secondary N) is 2. The second kappa shape index (κ2) is 11.0. The third-order valence-corrected chi connectivity index (χ3v) is 5.81. The van der Waals surface area contributed by atoms with Crippen LogP contribution in [0.25, 0.3) is 16.6 Å². The van der Waals surface area contributed by atoms with Gasteiger partial charge in [-0.25, -0.2) is 15.0 Å². The van der Waals surface area contributed by atoms with Crippen molar-refractivity contribution in [1.82, 2.24) is 24.3 Å². The van der Waals surface area contributed by atoms with E-state index < -0.39 is 0 Å². The molecule has 0 fully saturated rings. The Morgan fingerprint density at radius 3 is 2.74 bits per heavy atom. The molecule has 190 valence electrons. The first-order valence-electron chi connectivity index (χ1n) is 12.1. The highest BCUT2D eigenvalue weighted by molar-refractivity contribution is 6.05. The van der Waals surface area contributed by atoms with E-state index in [0.29, 0.717) is 23.7 Å². The molecule has 5 aromatic rings. The van der Waals surface area contributed by atoms with E-state index in [1.807, 2.05) is 85.2 Å². The Morgan fingerprint density at radius 2 is 1.89 bits per heavy atom. The number of benzene rings is 2. The molecule has 0 atom stereocenters. The van der Waals surface area contributed by atoms with Gasteiger partial charge in [-0.05, 0) is 75.0 Å². The van der Waals surface area contributed by atoms with Gasteiger partial charge >= 0.3 is 0 Å².